The van der Waals surface area contributed by atoms with Gasteiger partial charge in [-0.15, -0.1) is 0 Å². The lowest BCUT2D eigenvalue weighted by molar-refractivity contribution is -0.665. The number of likely N-dealkylation sites (N-methyl/N-ethyl adjacent to an activating group) is 1. The van der Waals surface area contributed by atoms with Crippen LogP contribution in [0.2, 0.25) is 0 Å². The third kappa shape index (κ3) is 3.35. The van der Waals surface area contributed by atoms with Crippen LogP contribution in [0.25, 0.3) is 11.5 Å². The molecule has 0 fully saturated rings. The highest BCUT2D eigenvalue weighted by Gasteiger charge is 2.27. The lowest BCUT2D eigenvalue weighted by atomic mass is 10.2. The van der Waals surface area contributed by atoms with Gasteiger partial charge in [-0.05, 0) is 24.3 Å². The summed E-state index contributed by atoms with van der Waals surface area (Å²) in [4.78, 5) is 26.3. The van der Waals surface area contributed by atoms with E-state index in [-0.39, 0.29) is 18.1 Å². The van der Waals surface area contributed by atoms with E-state index in [0.717, 1.165) is 0 Å². The number of carbonyl (C=O) groups excluding carboxylic acids is 2. The average molecular weight is 350 g/mol. The van der Waals surface area contributed by atoms with Crippen molar-refractivity contribution in [1.29, 1.82) is 0 Å². The zero-order valence-corrected chi connectivity index (χ0v) is 14.5. The van der Waals surface area contributed by atoms with Crippen molar-refractivity contribution in [1.82, 2.24) is 4.90 Å². The van der Waals surface area contributed by atoms with Gasteiger partial charge < -0.3 is 14.4 Å². The maximum Gasteiger partial charge on any atom is 0.273 e. The fourth-order valence-corrected chi connectivity index (χ4v) is 2.74. The Balaban J connectivity index is 1.82. The number of hydrogen-bond acceptors (Lipinski definition) is 4. The third-order valence-corrected chi connectivity index (χ3v) is 4.06. The van der Waals surface area contributed by atoms with Crippen LogP contribution in [0.3, 0.4) is 0 Å². The molecule has 6 nitrogen and oxygen atoms in total. The first-order valence-corrected chi connectivity index (χ1v) is 8.08. The maximum atomic E-state index is 12.6. The predicted octanol–water partition coefficient (Wildman–Crippen LogP) is 1.80. The Morgan fingerprint density at radius 3 is 2.23 bits per heavy atom. The molecule has 0 aliphatic carbocycles. The monoisotopic (exact) mass is 350 g/mol. The topological polar surface area (TPSA) is 77.5 Å². The maximum absolute atomic E-state index is 12.6. The Hall–Kier alpha value is -3.41. The first-order chi connectivity index (χ1) is 12.5. The van der Waals surface area contributed by atoms with Crippen molar-refractivity contribution in [3.05, 3.63) is 71.9 Å². The van der Waals surface area contributed by atoms with Crippen molar-refractivity contribution in [3.63, 3.8) is 0 Å². The van der Waals surface area contributed by atoms with Crippen LogP contribution in [-0.2, 0) is 7.05 Å². The Bertz CT molecular complexity index is 933. The number of benzene rings is 2. The van der Waals surface area contributed by atoms with E-state index in [1.165, 1.54) is 16.5 Å². The Morgan fingerprint density at radius 1 is 1.04 bits per heavy atom. The van der Waals surface area contributed by atoms with Gasteiger partial charge in [-0.25, -0.2) is 0 Å². The van der Waals surface area contributed by atoms with E-state index in [4.69, 9.17) is 4.42 Å². The number of aromatic nitrogens is 1. The van der Waals surface area contributed by atoms with Crippen LogP contribution < -0.4 is 9.67 Å². The molecule has 0 spiro atoms. The average Bonchev–Trinajstić information content (AvgIpc) is 2.96. The summed E-state index contributed by atoms with van der Waals surface area (Å²) in [7, 11) is 3.12. The molecule has 6 heteroatoms. The summed E-state index contributed by atoms with van der Waals surface area (Å²) in [5.74, 6) is -1.18. The Kier molecular flexibility index (Phi) is 4.84. The van der Waals surface area contributed by atoms with Gasteiger partial charge in [0.1, 0.15) is 13.0 Å². The number of amides is 1. The molecule has 0 aliphatic heterocycles. The van der Waals surface area contributed by atoms with Gasteiger partial charge in [-0.2, -0.15) is 4.57 Å². The molecule has 0 radical (unpaired) electrons. The summed E-state index contributed by atoms with van der Waals surface area (Å²) in [6, 6.07) is 17.7. The van der Waals surface area contributed by atoms with Crippen LogP contribution in [0, 0.1) is 0 Å². The van der Waals surface area contributed by atoms with Crippen molar-refractivity contribution < 1.29 is 23.7 Å². The second kappa shape index (κ2) is 7.23. The number of ketones is 1. The summed E-state index contributed by atoms with van der Waals surface area (Å²) in [6.07, 6.45) is 0. The van der Waals surface area contributed by atoms with Crippen molar-refractivity contribution in [3.8, 4) is 17.4 Å². The quantitative estimate of drug-likeness (QED) is 0.519. The number of rotatable bonds is 5. The van der Waals surface area contributed by atoms with Gasteiger partial charge in [0.25, 0.3) is 17.5 Å². The van der Waals surface area contributed by atoms with Crippen LogP contribution >= 0.6 is 0 Å². The second-order valence-corrected chi connectivity index (χ2v) is 5.92. The molecular formula is C20H18N2O4. The molecule has 0 saturated heterocycles. The molecule has 1 heterocycles. The van der Waals surface area contributed by atoms with Crippen molar-refractivity contribution in [2.24, 2.45) is 7.05 Å². The summed E-state index contributed by atoms with van der Waals surface area (Å²) < 4.78 is 6.69. The van der Waals surface area contributed by atoms with Gasteiger partial charge in [0.05, 0.1) is 12.1 Å². The number of hydrogen-bond donors (Lipinski definition) is 0. The smallest absolute Gasteiger partial charge is 0.273 e. The van der Waals surface area contributed by atoms with Gasteiger partial charge >= 0.3 is 0 Å². The van der Waals surface area contributed by atoms with E-state index in [9.17, 15) is 14.7 Å². The normalized spacial score (nSPS) is 10.5. The minimum Gasteiger partial charge on any atom is -0.540 e. The van der Waals surface area contributed by atoms with Crippen molar-refractivity contribution >= 4 is 11.7 Å². The minimum absolute atomic E-state index is 0.0865. The number of carbonyl (C=O) groups is 2. The largest absolute Gasteiger partial charge is 0.540 e. The van der Waals surface area contributed by atoms with Gasteiger partial charge in [0.2, 0.25) is 5.78 Å². The highest BCUT2D eigenvalue weighted by atomic mass is 16.5. The van der Waals surface area contributed by atoms with Crippen LogP contribution in [0.5, 0.6) is 5.95 Å². The van der Waals surface area contributed by atoms with E-state index in [0.29, 0.717) is 17.0 Å². The summed E-state index contributed by atoms with van der Waals surface area (Å²) >= 11 is 0. The molecule has 0 N–H and O–H groups in total. The van der Waals surface area contributed by atoms with E-state index >= 15 is 0 Å². The van der Waals surface area contributed by atoms with E-state index < -0.39 is 11.7 Å². The molecule has 0 bridgehead atoms. The lowest BCUT2D eigenvalue weighted by Gasteiger charge is -2.15. The standard InChI is InChI=1S/C20H18N2O4/c1-21(18(24)14-9-5-3-6-10-14)13-16(23)17-20(25)26-19(22(17)2)15-11-7-4-8-12-15/h3-12H,13H2,1-2H3. The van der Waals surface area contributed by atoms with Crippen LogP contribution in [0.4, 0.5) is 0 Å². The summed E-state index contributed by atoms with van der Waals surface area (Å²) in [6.45, 7) is -0.218. The molecule has 132 valence electrons. The molecule has 0 unspecified atom stereocenters. The lowest BCUT2D eigenvalue weighted by Crippen LogP contribution is -2.40. The van der Waals surface area contributed by atoms with E-state index in [2.05, 4.69) is 0 Å². The number of nitrogens with zero attached hydrogens (tertiary/aromatic N) is 2. The van der Waals surface area contributed by atoms with E-state index in [1.807, 2.05) is 24.3 Å². The minimum atomic E-state index is -0.711. The molecule has 1 aromatic heterocycles. The van der Waals surface area contributed by atoms with Gasteiger partial charge in [-0.1, -0.05) is 36.4 Å². The zero-order chi connectivity index (χ0) is 18.7. The molecular weight excluding hydrogens is 332 g/mol. The third-order valence-electron chi connectivity index (χ3n) is 4.06. The number of Topliss-reactive ketones (excluding diaryl/α,β-unsaturated/α-hetero) is 1. The zero-order valence-electron chi connectivity index (χ0n) is 14.5. The highest BCUT2D eigenvalue weighted by molar-refractivity contribution is 6.01. The summed E-state index contributed by atoms with van der Waals surface area (Å²) in [5.41, 5.74) is 1.09. The first kappa shape index (κ1) is 17.4. The fourth-order valence-electron chi connectivity index (χ4n) is 2.74. The van der Waals surface area contributed by atoms with Crippen LogP contribution in [0.1, 0.15) is 20.8 Å². The molecule has 2 aromatic carbocycles. The molecule has 1 amide bonds. The highest BCUT2D eigenvalue weighted by Crippen LogP contribution is 2.22. The predicted molar refractivity (Wildman–Crippen MR) is 92.5 cm³/mol. The van der Waals surface area contributed by atoms with Gasteiger partial charge in [0.15, 0.2) is 0 Å². The van der Waals surface area contributed by atoms with Crippen molar-refractivity contribution in [2.45, 2.75) is 0 Å². The molecule has 26 heavy (non-hydrogen) atoms. The first-order valence-electron chi connectivity index (χ1n) is 8.08. The molecule has 0 atom stereocenters. The second-order valence-electron chi connectivity index (χ2n) is 5.92. The summed E-state index contributed by atoms with van der Waals surface area (Å²) in [5, 5.41) is 12.2. The van der Waals surface area contributed by atoms with Gasteiger partial charge in [-0.3, -0.25) is 9.59 Å². The Labute approximate surface area is 150 Å². The van der Waals surface area contributed by atoms with Gasteiger partial charge in [0, 0.05) is 12.6 Å². The molecule has 3 aromatic rings. The molecule has 0 saturated carbocycles. The fraction of sp³-hybridized carbons (Fsp3) is 0.150. The number of oxazole rings is 1. The SMILES string of the molecule is CN(CC(=O)c1c([O-])oc(-c2ccccc2)[n+]1C)C(=O)c1ccccc1. The molecule has 0 aliphatic rings. The van der Waals surface area contributed by atoms with Crippen molar-refractivity contribution in [2.75, 3.05) is 13.6 Å². The van der Waals surface area contributed by atoms with Crippen LogP contribution in [-0.4, -0.2) is 30.2 Å². The molecule has 3 rings (SSSR count). The Morgan fingerprint density at radius 2 is 1.62 bits per heavy atom. The van der Waals surface area contributed by atoms with Crippen LogP contribution in [0.15, 0.2) is 65.1 Å². The van der Waals surface area contributed by atoms with E-state index in [1.54, 1.807) is 43.4 Å².